The second-order valence-electron chi connectivity index (χ2n) is 5.76. The topological polar surface area (TPSA) is 89.0 Å². The van der Waals surface area contributed by atoms with Gasteiger partial charge < -0.3 is 14.8 Å². The first-order valence-corrected chi connectivity index (χ1v) is 9.50. The molecule has 0 saturated heterocycles. The number of rotatable bonds is 7. The Bertz CT molecular complexity index is 1030. The van der Waals surface area contributed by atoms with Crippen molar-refractivity contribution in [2.24, 2.45) is 5.10 Å². The second-order valence-corrected chi connectivity index (χ2v) is 6.71. The minimum absolute atomic E-state index is 0.273. The Kier molecular flexibility index (Phi) is 6.59. The predicted molar refractivity (Wildman–Crippen MR) is 113 cm³/mol. The Morgan fingerprint density at radius 2 is 1.79 bits per heavy atom. The van der Waals surface area contributed by atoms with E-state index >= 15 is 0 Å². The van der Waals surface area contributed by atoms with E-state index in [4.69, 9.17) is 9.47 Å². The van der Waals surface area contributed by atoms with Crippen LogP contribution in [0.15, 0.2) is 65.1 Å². The van der Waals surface area contributed by atoms with Crippen LogP contribution in [0.5, 0.6) is 11.5 Å². The maximum atomic E-state index is 12.6. The molecule has 1 aromatic heterocycles. The summed E-state index contributed by atoms with van der Waals surface area (Å²) in [6.07, 6.45) is 1.46. The van der Waals surface area contributed by atoms with Crippen LogP contribution < -0.4 is 20.2 Å². The second kappa shape index (κ2) is 9.52. The van der Waals surface area contributed by atoms with E-state index in [0.29, 0.717) is 33.2 Å². The average molecular weight is 409 g/mol. The van der Waals surface area contributed by atoms with Crippen LogP contribution >= 0.6 is 11.3 Å². The average Bonchev–Trinajstić information content (AvgIpc) is 3.29. The summed E-state index contributed by atoms with van der Waals surface area (Å²) in [6, 6.07) is 15.6. The van der Waals surface area contributed by atoms with Gasteiger partial charge in [0, 0.05) is 5.56 Å². The Labute approximate surface area is 172 Å². The molecule has 1 heterocycles. The molecule has 0 unspecified atom stereocenters. The number of benzene rings is 2. The van der Waals surface area contributed by atoms with Gasteiger partial charge in [-0.05, 0) is 35.7 Å². The molecule has 3 rings (SSSR count). The summed E-state index contributed by atoms with van der Waals surface area (Å²) in [6.45, 7) is 0. The van der Waals surface area contributed by atoms with Crippen molar-refractivity contribution in [3.63, 3.8) is 0 Å². The van der Waals surface area contributed by atoms with Crippen molar-refractivity contribution in [3.8, 4) is 11.5 Å². The number of hydrogen-bond acceptors (Lipinski definition) is 6. The first kappa shape index (κ1) is 20.1. The molecule has 0 fully saturated rings. The van der Waals surface area contributed by atoms with Crippen molar-refractivity contribution in [2.75, 3.05) is 19.5 Å². The third-order valence-electron chi connectivity index (χ3n) is 3.97. The molecule has 3 aromatic rings. The van der Waals surface area contributed by atoms with Crippen molar-refractivity contribution < 1.29 is 19.1 Å². The third-order valence-corrected chi connectivity index (χ3v) is 4.84. The van der Waals surface area contributed by atoms with Crippen molar-refractivity contribution in [1.82, 2.24) is 5.43 Å². The lowest BCUT2D eigenvalue weighted by atomic mass is 10.1. The number of anilines is 1. The third kappa shape index (κ3) is 4.80. The van der Waals surface area contributed by atoms with Crippen molar-refractivity contribution in [2.45, 2.75) is 0 Å². The summed E-state index contributed by atoms with van der Waals surface area (Å²) < 4.78 is 10.6. The largest absolute Gasteiger partial charge is 0.493 e. The number of carbonyl (C=O) groups is 2. The SMILES string of the molecule is COc1cccc(/C=N\NC(=O)c2ccccc2NC(=O)c2cccs2)c1OC. The van der Waals surface area contributed by atoms with Crippen LogP contribution in [-0.4, -0.2) is 32.2 Å². The fourth-order valence-corrected chi connectivity index (χ4v) is 3.24. The van der Waals surface area contributed by atoms with Gasteiger partial charge in [-0.15, -0.1) is 11.3 Å². The minimum Gasteiger partial charge on any atom is -0.493 e. The number of hydrazone groups is 1. The molecule has 0 aliphatic carbocycles. The molecular formula is C21H19N3O4S. The van der Waals surface area contributed by atoms with Crippen LogP contribution in [-0.2, 0) is 0 Å². The van der Waals surface area contributed by atoms with Gasteiger partial charge >= 0.3 is 0 Å². The number of carbonyl (C=O) groups excluding carboxylic acids is 2. The highest BCUT2D eigenvalue weighted by Gasteiger charge is 2.14. The lowest BCUT2D eigenvalue weighted by Crippen LogP contribution is -2.21. The standard InChI is InChI=1S/C21H19N3O4S/c1-27-17-10-5-7-14(19(17)28-2)13-22-24-20(25)15-8-3-4-9-16(15)23-21(26)18-11-6-12-29-18/h3-13H,1-2H3,(H,23,26)(H,24,25)/b22-13-. The summed E-state index contributed by atoms with van der Waals surface area (Å²) in [5, 5.41) is 8.57. The fourth-order valence-electron chi connectivity index (χ4n) is 2.62. The van der Waals surface area contributed by atoms with E-state index in [1.807, 2.05) is 5.38 Å². The number of methoxy groups -OCH3 is 2. The summed E-state index contributed by atoms with van der Waals surface area (Å²) in [5.74, 6) is 0.344. The van der Waals surface area contributed by atoms with Gasteiger partial charge in [0.25, 0.3) is 11.8 Å². The summed E-state index contributed by atoms with van der Waals surface area (Å²) in [4.78, 5) is 25.4. The zero-order valence-corrected chi connectivity index (χ0v) is 16.7. The van der Waals surface area contributed by atoms with Gasteiger partial charge in [0.05, 0.1) is 36.6 Å². The van der Waals surface area contributed by atoms with Crippen LogP contribution in [0.25, 0.3) is 0 Å². The Morgan fingerprint density at radius 3 is 2.52 bits per heavy atom. The van der Waals surface area contributed by atoms with Gasteiger partial charge in [-0.1, -0.05) is 24.3 Å². The van der Waals surface area contributed by atoms with E-state index in [1.165, 1.54) is 24.7 Å². The Hall–Kier alpha value is -3.65. The highest BCUT2D eigenvalue weighted by atomic mass is 32.1. The highest BCUT2D eigenvalue weighted by molar-refractivity contribution is 7.12. The number of nitrogens with zero attached hydrogens (tertiary/aromatic N) is 1. The molecule has 148 valence electrons. The molecule has 0 spiro atoms. The molecule has 0 aliphatic rings. The van der Waals surface area contributed by atoms with E-state index in [1.54, 1.807) is 61.7 Å². The number of nitrogens with one attached hydrogen (secondary N) is 2. The molecule has 0 saturated carbocycles. The monoisotopic (exact) mass is 409 g/mol. The number of thiophene rings is 1. The number of amides is 2. The Balaban J connectivity index is 1.74. The first-order valence-electron chi connectivity index (χ1n) is 8.62. The van der Waals surface area contributed by atoms with Gasteiger partial charge in [-0.3, -0.25) is 9.59 Å². The van der Waals surface area contributed by atoms with Crippen LogP contribution in [0, 0.1) is 0 Å². The van der Waals surface area contributed by atoms with Gasteiger partial charge in [-0.25, -0.2) is 5.43 Å². The fraction of sp³-hybridized carbons (Fsp3) is 0.0952. The lowest BCUT2D eigenvalue weighted by Gasteiger charge is -2.10. The first-order chi connectivity index (χ1) is 14.1. The van der Waals surface area contributed by atoms with E-state index in [9.17, 15) is 9.59 Å². The molecule has 2 aromatic carbocycles. The number of ether oxygens (including phenoxy) is 2. The van der Waals surface area contributed by atoms with Crippen molar-refractivity contribution >= 4 is 35.1 Å². The van der Waals surface area contributed by atoms with E-state index in [2.05, 4.69) is 15.8 Å². The zero-order valence-electron chi connectivity index (χ0n) is 15.8. The van der Waals surface area contributed by atoms with Crippen LogP contribution in [0.4, 0.5) is 5.69 Å². The number of hydrogen-bond donors (Lipinski definition) is 2. The van der Waals surface area contributed by atoms with Crippen LogP contribution in [0.2, 0.25) is 0 Å². The van der Waals surface area contributed by atoms with Crippen molar-refractivity contribution in [1.29, 1.82) is 0 Å². The molecule has 0 bridgehead atoms. The molecule has 2 N–H and O–H groups in total. The van der Waals surface area contributed by atoms with E-state index < -0.39 is 5.91 Å². The maximum absolute atomic E-state index is 12.6. The van der Waals surface area contributed by atoms with Gasteiger partial charge in [0.1, 0.15) is 0 Å². The molecule has 7 nitrogen and oxygen atoms in total. The molecule has 29 heavy (non-hydrogen) atoms. The zero-order chi connectivity index (χ0) is 20.6. The molecule has 0 aliphatic heterocycles. The number of para-hydroxylation sites is 2. The molecule has 0 atom stereocenters. The molecular weight excluding hydrogens is 390 g/mol. The van der Waals surface area contributed by atoms with Gasteiger partial charge in [0.15, 0.2) is 11.5 Å². The van der Waals surface area contributed by atoms with E-state index in [-0.39, 0.29) is 5.91 Å². The summed E-state index contributed by atoms with van der Waals surface area (Å²) in [5.41, 5.74) is 3.81. The normalized spacial score (nSPS) is 10.6. The lowest BCUT2D eigenvalue weighted by molar-refractivity contribution is 0.0956. The Morgan fingerprint density at radius 1 is 0.966 bits per heavy atom. The summed E-state index contributed by atoms with van der Waals surface area (Å²) >= 11 is 1.32. The smallest absolute Gasteiger partial charge is 0.273 e. The van der Waals surface area contributed by atoms with Gasteiger partial charge in [0.2, 0.25) is 0 Å². The quantitative estimate of drug-likeness (QED) is 0.459. The summed E-state index contributed by atoms with van der Waals surface area (Å²) in [7, 11) is 3.07. The van der Waals surface area contributed by atoms with Crippen molar-refractivity contribution in [3.05, 3.63) is 76.0 Å². The minimum atomic E-state index is -0.454. The molecule has 0 radical (unpaired) electrons. The van der Waals surface area contributed by atoms with Gasteiger partial charge in [-0.2, -0.15) is 5.10 Å². The molecule has 8 heteroatoms. The maximum Gasteiger partial charge on any atom is 0.273 e. The van der Waals surface area contributed by atoms with E-state index in [0.717, 1.165) is 0 Å². The molecule has 2 amide bonds. The van der Waals surface area contributed by atoms with Crippen LogP contribution in [0.1, 0.15) is 25.6 Å². The predicted octanol–water partition coefficient (Wildman–Crippen LogP) is 3.78. The van der Waals surface area contributed by atoms with Crippen LogP contribution in [0.3, 0.4) is 0 Å². The highest BCUT2D eigenvalue weighted by Crippen LogP contribution is 2.29.